The van der Waals surface area contributed by atoms with Crippen LogP contribution in [0.3, 0.4) is 0 Å². The summed E-state index contributed by atoms with van der Waals surface area (Å²) in [4.78, 5) is 12.8. The van der Waals surface area contributed by atoms with E-state index in [1.165, 1.54) is 6.07 Å². The minimum atomic E-state index is -4.16. The van der Waals surface area contributed by atoms with Gasteiger partial charge in [0, 0.05) is 36.2 Å². The summed E-state index contributed by atoms with van der Waals surface area (Å²) >= 11 is 5.76. The number of fused-ring (bicyclic) bond motifs is 1. The van der Waals surface area contributed by atoms with E-state index in [9.17, 15) is 27.5 Å². The quantitative estimate of drug-likeness (QED) is 0.599. The zero-order valence-corrected chi connectivity index (χ0v) is 18.2. The van der Waals surface area contributed by atoms with Gasteiger partial charge in [-0.15, -0.1) is 0 Å². The number of benzene rings is 1. The third kappa shape index (κ3) is 4.07. The maximum absolute atomic E-state index is 13.8. The third-order valence-electron chi connectivity index (χ3n) is 6.85. The number of aryl methyl sites for hydroxylation is 1. The first-order chi connectivity index (χ1) is 15.5. The Morgan fingerprint density at radius 2 is 2.06 bits per heavy atom. The molecule has 2 atom stereocenters. The Morgan fingerprint density at radius 3 is 2.76 bits per heavy atom. The SMILES string of the molecule is O=C(NC12CC(n3cc(CCCC(F)(F)F)cn3)(C1)C2)[C@H]1C[C@@H](O)c2cc(Cl)c(F)cc2O1. The number of rotatable bonds is 6. The van der Waals surface area contributed by atoms with E-state index in [1.807, 2.05) is 0 Å². The summed E-state index contributed by atoms with van der Waals surface area (Å²) in [5.74, 6) is -0.974. The van der Waals surface area contributed by atoms with Crippen molar-refractivity contribution in [2.75, 3.05) is 0 Å². The van der Waals surface area contributed by atoms with Crippen LogP contribution in [-0.2, 0) is 16.8 Å². The largest absolute Gasteiger partial charge is 0.480 e. The van der Waals surface area contributed by atoms with Crippen molar-refractivity contribution in [2.45, 2.75) is 74.4 Å². The molecule has 0 spiro atoms. The van der Waals surface area contributed by atoms with Gasteiger partial charge in [-0.3, -0.25) is 9.48 Å². The minimum Gasteiger partial charge on any atom is -0.480 e. The Bertz CT molecular complexity index is 1080. The van der Waals surface area contributed by atoms with E-state index in [0.717, 1.165) is 11.6 Å². The lowest BCUT2D eigenvalue weighted by molar-refractivity contribution is -0.165. The minimum absolute atomic E-state index is 0.0225. The maximum atomic E-state index is 13.8. The van der Waals surface area contributed by atoms with Crippen LogP contribution in [0.25, 0.3) is 0 Å². The number of amides is 1. The lowest BCUT2D eigenvalue weighted by Crippen LogP contribution is -2.79. The van der Waals surface area contributed by atoms with Crippen LogP contribution in [0.1, 0.15) is 55.8 Å². The molecule has 2 bridgehead atoms. The van der Waals surface area contributed by atoms with Gasteiger partial charge in [0.2, 0.25) is 0 Å². The normalized spacial score (nSPS) is 30.0. The first-order valence-electron chi connectivity index (χ1n) is 10.7. The second-order valence-electron chi connectivity index (χ2n) is 9.45. The number of nitrogens with zero attached hydrogens (tertiary/aromatic N) is 2. The van der Waals surface area contributed by atoms with Crippen molar-refractivity contribution in [1.82, 2.24) is 15.1 Å². The summed E-state index contributed by atoms with van der Waals surface area (Å²) in [6, 6.07) is 2.37. The van der Waals surface area contributed by atoms with Crippen molar-refractivity contribution >= 4 is 17.5 Å². The summed E-state index contributed by atoms with van der Waals surface area (Å²) in [6.45, 7) is 0. The molecule has 3 fully saturated rings. The highest BCUT2D eigenvalue weighted by molar-refractivity contribution is 6.30. The standard InChI is InChI=1S/C22H22ClF4N3O3/c23-14-4-13-16(31)6-18(33-17(13)5-15(14)24)19(32)29-20-9-21(10-20,11-20)30-8-12(7-28-30)2-1-3-22(25,26)27/h4-5,7-8,16,18,31H,1-3,6,9-11H2,(H,29,32)/t16-,18-,20?,21?/m1/s1. The van der Waals surface area contributed by atoms with Crippen LogP contribution in [0.5, 0.6) is 5.75 Å². The number of halogens is 5. The molecule has 3 aliphatic carbocycles. The molecule has 2 N–H and O–H groups in total. The van der Waals surface area contributed by atoms with E-state index in [1.54, 1.807) is 17.1 Å². The predicted octanol–water partition coefficient (Wildman–Crippen LogP) is 4.19. The summed E-state index contributed by atoms with van der Waals surface area (Å²) in [5, 5.41) is 17.6. The Morgan fingerprint density at radius 1 is 1.33 bits per heavy atom. The Labute approximate surface area is 191 Å². The fraction of sp³-hybridized carbons (Fsp3) is 0.545. The molecule has 4 aliphatic rings. The van der Waals surface area contributed by atoms with Crippen molar-refractivity contribution in [3.05, 3.63) is 46.5 Å². The van der Waals surface area contributed by atoms with Crippen LogP contribution >= 0.6 is 11.6 Å². The van der Waals surface area contributed by atoms with Gasteiger partial charge in [0.05, 0.1) is 22.9 Å². The van der Waals surface area contributed by atoms with E-state index in [2.05, 4.69) is 10.4 Å². The number of carbonyl (C=O) groups is 1. The highest BCUT2D eigenvalue weighted by Crippen LogP contribution is 2.65. The molecule has 1 aromatic carbocycles. The zero-order chi connectivity index (χ0) is 23.6. The molecule has 178 valence electrons. The van der Waals surface area contributed by atoms with Crippen LogP contribution in [0.4, 0.5) is 17.6 Å². The van der Waals surface area contributed by atoms with Gasteiger partial charge < -0.3 is 15.2 Å². The molecule has 6 rings (SSSR count). The molecule has 2 aromatic rings. The van der Waals surface area contributed by atoms with Crippen molar-refractivity contribution in [3.63, 3.8) is 0 Å². The molecular weight excluding hydrogens is 466 g/mol. The summed E-state index contributed by atoms with van der Waals surface area (Å²) in [6.07, 6.45) is -1.20. The van der Waals surface area contributed by atoms with E-state index in [-0.39, 0.29) is 40.6 Å². The van der Waals surface area contributed by atoms with Crippen molar-refractivity contribution in [3.8, 4) is 5.75 Å². The number of hydrogen-bond acceptors (Lipinski definition) is 4. The summed E-state index contributed by atoms with van der Waals surface area (Å²) in [7, 11) is 0. The molecule has 2 heterocycles. The number of carbonyl (C=O) groups excluding carboxylic acids is 1. The number of nitrogens with one attached hydrogen (secondary N) is 1. The zero-order valence-electron chi connectivity index (χ0n) is 17.5. The monoisotopic (exact) mass is 487 g/mol. The van der Waals surface area contributed by atoms with E-state index in [0.29, 0.717) is 31.2 Å². The average molecular weight is 488 g/mol. The Balaban J connectivity index is 1.16. The van der Waals surface area contributed by atoms with Crippen LogP contribution in [0, 0.1) is 5.82 Å². The van der Waals surface area contributed by atoms with Crippen molar-refractivity contribution in [1.29, 1.82) is 0 Å². The lowest BCUT2D eigenvalue weighted by Gasteiger charge is -2.70. The smallest absolute Gasteiger partial charge is 0.389 e. The van der Waals surface area contributed by atoms with E-state index in [4.69, 9.17) is 16.3 Å². The van der Waals surface area contributed by atoms with Crippen LogP contribution in [-0.4, -0.2) is 38.6 Å². The number of ether oxygens (including phenoxy) is 1. The molecule has 3 saturated carbocycles. The van der Waals surface area contributed by atoms with Gasteiger partial charge in [-0.1, -0.05) is 11.6 Å². The fourth-order valence-corrected chi connectivity index (χ4v) is 5.46. The van der Waals surface area contributed by atoms with Crippen LogP contribution < -0.4 is 10.1 Å². The van der Waals surface area contributed by atoms with Crippen LogP contribution in [0.15, 0.2) is 24.5 Å². The van der Waals surface area contributed by atoms with Crippen LogP contribution in [0.2, 0.25) is 5.02 Å². The van der Waals surface area contributed by atoms with Crippen molar-refractivity contribution < 1.29 is 32.2 Å². The number of aromatic nitrogens is 2. The second-order valence-corrected chi connectivity index (χ2v) is 9.86. The highest BCUT2D eigenvalue weighted by Gasteiger charge is 2.70. The van der Waals surface area contributed by atoms with Crippen molar-refractivity contribution in [2.24, 2.45) is 0 Å². The Kier molecular flexibility index (Phi) is 5.17. The first-order valence-corrected chi connectivity index (χ1v) is 11.1. The van der Waals surface area contributed by atoms with Gasteiger partial charge in [0.1, 0.15) is 11.6 Å². The fourth-order valence-electron chi connectivity index (χ4n) is 5.29. The first kappa shape index (κ1) is 22.5. The highest BCUT2D eigenvalue weighted by atomic mass is 35.5. The van der Waals surface area contributed by atoms with Gasteiger partial charge >= 0.3 is 6.18 Å². The molecule has 1 aromatic heterocycles. The number of hydrogen-bond donors (Lipinski definition) is 2. The molecule has 11 heteroatoms. The molecule has 33 heavy (non-hydrogen) atoms. The molecular formula is C22H22ClF4N3O3. The Hall–Kier alpha value is -2.33. The second kappa shape index (κ2) is 7.59. The lowest BCUT2D eigenvalue weighted by atomic mass is 9.44. The number of aliphatic hydroxyl groups excluding tert-OH is 1. The van der Waals surface area contributed by atoms with E-state index >= 15 is 0 Å². The maximum Gasteiger partial charge on any atom is 0.389 e. The van der Waals surface area contributed by atoms with Gasteiger partial charge in [-0.2, -0.15) is 18.3 Å². The molecule has 6 nitrogen and oxygen atoms in total. The molecule has 1 amide bonds. The number of aliphatic hydroxyl groups is 1. The predicted molar refractivity (Wildman–Crippen MR) is 109 cm³/mol. The molecule has 0 unspecified atom stereocenters. The van der Waals surface area contributed by atoms with Gasteiger partial charge in [0.25, 0.3) is 5.91 Å². The van der Waals surface area contributed by atoms with Gasteiger partial charge in [-0.05, 0) is 43.7 Å². The molecule has 0 radical (unpaired) electrons. The molecule has 1 aliphatic heterocycles. The number of alkyl halides is 3. The third-order valence-corrected chi connectivity index (χ3v) is 7.14. The van der Waals surface area contributed by atoms with E-state index < -0.39 is 30.6 Å². The molecule has 0 saturated heterocycles. The average Bonchev–Trinajstić information content (AvgIpc) is 3.12. The summed E-state index contributed by atoms with van der Waals surface area (Å²) < 4.78 is 58.2. The van der Waals surface area contributed by atoms with Gasteiger partial charge in [-0.25, -0.2) is 4.39 Å². The summed E-state index contributed by atoms with van der Waals surface area (Å²) in [5.41, 5.74) is 0.492. The topological polar surface area (TPSA) is 76.4 Å². The van der Waals surface area contributed by atoms with Gasteiger partial charge in [0.15, 0.2) is 6.10 Å².